The molecule has 2 heterocycles. The summed E-state index contributed by atoms with van der Waals surface area (Å²) in [5.74, 6) is 2.07. The number of carbonyl (C=O) groups is 1. The molecule has 0 amide bonds. The molecule has 3 aromatic rings. The molecule has 5 heteroatoms. The Balaban J connectivity index is 1.73. The number of benzene rings is 1. The van der Waals surface area contributed by atoms with Gasteiger partial charge in [-0.05, 0) is 61.9 Å². The first-order valence-electron chi connectivity index (χ1n) is 8.16. The van der Waals surface area contributed by atoms with Crippen LogP contribution in [0, 0.1) is 5.92 Å². The molecule has 4 nitrogen and oxygen atoms in total. The van der Waals surface area contributed by atoms with Gasteiger partial charge in [0.25, 0.3) is 0 Å². The third-order valence-corrected chi connectivity index (χ3v) is 5.69. The molecule has 0 N–H and O–H groups in total. The number of aryl methyl sites for hydroxylation is 1. The highest BCUT2D eigenvalue weighted by atomic mass is 32.1. The van der Waals surface area contributed by atoms with Gasteiger partial charge in [0.2, 0.25) is 5.88 Å². The smallest absolute Gasteiger partial charge is 0.231 e. The molecule has 0 saturated heterocycles. The summed E-state index contributed by atoms with van der Waals surface area (Å²) in [7, 11) is 0. The highest BCUT2D eigenvalue weighted by Crippen LogP contribution is 2.41. The van der Waals surface area contributed by atoms with Crippen LogP contribution >= 0.6 is 11.3 Å². The first-order chi connectivity index (χ1) is 11.6. The van der Waals surface area contributed by atoms with E-state index in [-0.39, 0.29) is 5.78 Å². The Hall–Kier alpha value is -2.27. The zero-order valence-corrected chi connectivity index (χ0v) is 14.5. The van der Waals surface area contributed by atoms with Crippen LogP contribution in [0.2, 0.25) is 0 Å². The van der Waals surface area contributed by atoms with E-state index < -0.39 is 0 Å². The lowest BCUT2D eigenvalue weighted by Crippen LogP contribution is -2.08. The number of hydrogen-bond acceptors (Lipinski definition) is 5. The average Bonchev–Trinajstić information content (AvgIpc) is 2.93. The third kappa shape index (κ3) is 2.69. The normalized spacial score (nSPS) is 16.8. The van der Waals surface area contributed by atoms with E-state index in [0.29, 0.717) is 17.2 Å². The van der Waals surface area contributed by atoms with Gasteiger partial charge in [-0.15, -0.1) is 11.3 Å². The Morgan fingerprint density at radius 2 is 2.04 bits per heavy atom. The second kappa shape index (κ2) is 5.98. The maximum absolute atomic E-state index is 11.4. The van der Waals surface area contributed by atoms with Crippen LogP contribution in [0.3, 0.4) is 0 Å². The van der Waals surface area contributed by atoms with Crippen LogP contribution in [0.5, 0.6) is 11.6 Å². The summed E-state index contributed by atoms with van der Waals surface area (Å²) >= 11 is 1.76. The minimum absolute atomic E-state index is 0.0481. The molecule has 2 aromatic heterocycles. The first kappa shape index (κ1) is 15.3. The molecular formula is C19H18N2O2S. The van der Waals surface area contributed by atoms with E-state index in [4.69, 9.17) is 4.74 Å². The quantitative estimate of drug-likeness (QED) is 0.643. The van der Waals surface area contributed by atoms with Crippen LogP contribution < -0.4 is 4.74 Å². The van der Waals surface area contributed by atoms with Gasteiger partial charge in [-0.3, -0.25) is 4.79 Å². The van der Waals surface area contributed by atoms with Crippen LogP contribution in [-0.2, 0) is 12.8 Å². The van der Waals surface area contributed by atoms with Gasteiger partial charge < -0.3 is 4.74 Å². The molecule has 1 unspecified atom stereocenters. The van der Waals surface area contributed by atoms with Gasteiger partial charge in [-0.25, -0.2) is 9.97 Å². The fraction of sp³-hybridized carbons (Fsp3) is 0.316. The minimum atomic E-state index is 0.0481. The highest BCUT2D eigenvalue weighted by Gasteiger charge is 2.23. The van der Waals surface area contributed by atoms with Crippen molar-refractivity contribution in [1.82, 2.24) is 9.97 Å². The molecule has 0 bridgehead atoms. The van der Waals surface area contributed by atoms with Gasteiger partial charge in [0.1, 0.15) is 16.9 Å². The molecule has 0 aliphatic heterocycles. The monoisotopic (exact) mass is 338 g/mol. The number of Topliss-reactive ketones (excluding diaryl/α,β-unsaturated/α-hetero) is 1. The zero-order valence-electron chi connectivity index (χ0n) is 13.7. The standard InChI is InChI=1S/C19H18N2O2S/c1-11-3-8-15-16(9-11)24-19-17(15)18(20-10-21-19)23-14-6-4-13(5-7-14)12(2)22/h4-7,10-11H,3,8-9H2,1-2H3. The third-order valence-electron chi connectivity index (χ3n) is 4.53. The second-order valence-electron chi connectivity index (χ2n) is 6.39. The van der Waals surface area contributed by atoms with Crippen molar-refractivity contribution in [2.45, 2.75) is 33.1 Å². The molecule has 0 radical (unpaired) electrons. The maximum atomic E-state index is 11.4. The lowest BCUT2D eigenvalue weighted by molar-refractivity contribution is 0.101. The van der Waals surface area contributed by atoms with Crippen molar-refractivity contribution in [2.75, 3.05) is 0 Å². The number of hydrogen-bond donors (Lipinski definition) is 0. The Labute approximate surface area is 144 Å². The van der Waals surface area contributed by atoms with Crippen LogP contribution in [0.1, 0.15) is 41.1 Å². The van der Waals surface area contributed by atoms with Gasteiger partial charge in [-0.2, -0.15) is 0 Å². The van der Waals surface area contributed by atoms with Gasteiger partial charge in [-0.1, -0.05) is 6.92 Å². The van der Waals surface area contributed by atoms with Crippen LogP contribution in [0.15, 0.2) is 30.6 Å². The minimum Gasteiger partial charge on any atom is -0.438 e. The van der Waals surface area contributed by atoms with Crippen molar-refractivity contribution in [1.29, 1.82) is 0 Å². The number of rotatable bonds is 3. The topological polar surface area (TPSA) is 52.1 Å². The number of ether oxygens (including phenoxy) is 1. The Bertz CT molecular complexity index is 915. The fourth-order valence-electron chi connectivity index (χ4n) is 3.19. The van der Waals surface area contributed by atoms with Gasteiger partial charge >= 0.3 is 0 Å². The predicted octanol–water partition coefficient (Wildman–Crippen LogP) is 4.81. The predicted molar refractivity (Wildman–Crippen MR) is 95.1 cm³/mol. The molecule has 1 atom stereocenters. The Morgan fingerprint density at radius 3 is 2.79 bits per heavy atom. The number of nitrogens with zero attached hydrogens (tertiary/aromatic N) is 2. The van der Waals surface area contributed by atoms with E-state index in [0.717, 1.165) is 29.0 Å². The summed E-state index contributed by atoms with van der Waals surface area (Å²) in [6.07, 6.45) is 4.93. The second-order valence-corrected chi connectivity index (χ2v) is 7.48. The number of ketones is 1. The SMILES string of the molecule is CC(=O)c1ccc(Oc2ncnc3sc4c(c23)CCC(C)C4)cc1. The molecule has 0 fully saturated rings. The van der Waals surface area contributed by atoms with E-state index in [1.807, 2.05) is 12.1 Å². The van der Waals surface area contributed by atoms with Gasteiger partial charge in [0.05, 0.1) is 5.39 Å². The molecule has 0 spiro atoms. The van der Waals surface area contributed by atoms with Crippen LogP contribution in [0.4, 0.5) is 0 Å². The molecule has 4 rings (SSSR count). The number of carbonyl (C=O) groups excluding carboxylic acids is 1. The van der Waals surface area contributed by atoms with Gasteiger partial charge in [0.15, 0.2) is 5.78 Å². The summed E-state index contributed by atoms with van der Waals surface area (Å²) in [5.41, 5.74) is 2.03. The van der Waals surface area contributed by atoms with Gasteiger partial charge in [0, 0.05) is 10.4 Å². The van der Waals surface area contributed by atoms with Crippen LogP contribution in [-0.4, -0.2) is 15.8 Å². The van der Waals surface area contributed by atoms with E-state index in [9.17, 15) is 4.79 Å². The van der Waals surface area contributed by atoms with Crippen molar-refractivity contribution < 1.29 is 9.53 Å². The van der Waals surface area contributed by atoms with E-state index >= 15 is 0 Å². The average molecular weight is 338 g/mol. The fourth-order valence-corrected chi connectivity index (χ4v) is 4.53. The Morgan fingerprint density at radius 1 is 1.25 bits per heavy atom. The summed E-state index contributed by atoms with van der Waals surface area (Å²) in [5, 5.41) is 1.06. The molecule has 0 saturated carbocycles. The molecule has 1 aliphatic carbocycles. The summed E-state index contributed by atoms with van der Waals surface area (Å²) < 4.78 is 6.02. The number of fused-ring (bicyclic) bond motifs is 3. The number of aromatic nitrogens is 2. The summed E-state index contributed by atoms with van der Waals surface area (Å²) in [6, 6.07) is 7.18. The highest BCUT2D eigenvalue weighted by molar-refractivity contribution is 7.18. The van der Waals surface area contributed by atoms with Crippen molar-refractivity contribution in [3.05, 3.63) is 46.6 Å². The Kier molecular flexibility index (Phi) is 3.81. The van der Waals surface area contributed by atoms with Crippen molar-refractivity contribution in [2.24, 2.45) is 5.92 Å². The molecule has 1 aromatic carbocycles. The van der Waals surface area contributed by atoms with Crippen molar-refractivity contribution in [3.8, 4) is 11.6 Å². The largest absolute Gasteiger partial charge is 0.438 e. The molecule has 122 valence electrons. The van der Waals surface area contributed by atoms with Crippen LogP contribution in [0.25, 0.3) is 10.2 Å². The van der Waals surface area contributed by atoms with Crippen molar-refractivity contribution >= 4 is 27.3 Å². The summed E-state index contributed by atoms with van der Waals surface area (Å²) in [4.78, 5) is 22.6. The first-order valence-corrected chi connectivity index (χ1v) is 8.97. The lowest BCUT2D eigenvalue weighted by Gasteiger charge is -2.18. The molecular weight excluding hydrogens is 320 g/mol. The molecule has 1 aliphatic rings. The lowest BCUT2D eigenvalue weighted by atomic mass is 9.89. The number of thiophene rings is 1. The summed E-state index contributed by atoms with van der Waals surface area (Å²) in [6.45, 7) is 3.86. The maximum Gasteiger partial charge on any atom is 0.231 e. The van der Waals surface area contributed by atoms with E-state index in [1.165, 1.54) is 16.9 Å². The van der Waals surface area contributed by atoms with Crippen molar-refractivity contribution in [3.63, 3.8) is 0 Å². The van der Waals surface area contributed by atoms with E-state index in [2.05, 4.69) is 16.9 Å². The van der Waals surface area contributed by atoms with E-state index in [1.54, 1.807) is 36.7 Å². The molecule has 24 heavy (non-hydrogen) atoms. The zero-order chi connectivity index (χ0) is 16.7.